The molecule has 1 fully saturated rings. The molecule has 3 heterocycles. The minimum absolute atomic E-state index is 0.135. The van der Waals surface area contributed by atoms with Gasteiger partial charge in [-0.15, -0.1) is 0 Å². The Hall–Kier alpha value is -3.22. The fourth-order valence-electron chi connectivity index (χ4n) is 3.15. The summed E-state index contributed by atoms with van der Waals surface area (Å²) in [6, 6.07) is 13.4. The maximum Gasteiger partial charge on any atom is 0.227 e. The van der Waals surface area contributed by atoms with Crippen molar-refractivity contribution in [3.05, 3.63) is 66.2 Å². The standard InChI is InChI=1S/C19H17FN4O2/c20-14-4-6-16(7-5-14)23-12-13(9-18(23)25)19(26)21-11-15-10-17-3-1-2-8-24(17)22-15/h1-8,10,13H,9,11-12H2,(H,21,26). The minimum Gasteiger partial charge on any atom is -0.350 e. The van der Waals surface area contributed by atoms with Crippen molar-refractivity contribution in [1.29, 1.82) is 0 Å². The Bertz CT molecular complexity index is 934. The summed E-state index contributed by atoms with van der Waals surface area (Å²) in [7, 11) is 0. The van der Waals surface area contributed by atoms with Crippen molar-refractivity contribution in [3.8, 4) is 0 Å². The van der Waals surface area contributed by atoms with Crippen LogP contribution in [0.4, 0.5) is 10.1 Å². The number of nitrogens with one attached hydrogen (secondary N) is 1. The second-order valence-electron chi connectivity index (χ2n) is 6.31. The average molecular weight is 352 g/mol. The summed E-state index contributed by atoms with van der Waals surface area (Å²) in [6.07, 6.45) is 1.99. The van der Waals surface area contributed by atoms with E-state index in [1.165, 1.54) is 17.0 Å². The largest absolute Gasteiger partial charge is 0.350 e. The molecule has 1 saturated heterocycles. The van der Waals surface area contributed by atoms with E-state index in [9.17, 15) is 14.0 Å². The van der Waals surface area contributed by atoms with Gasteiger partial charge in [-0.25, -0.2) is 8.91 Å². The average Bonchev–Trinajstić information content (AvgIpc) is 3.23. The van der Waals surface area contributed by atoms with Crippen LogP contribution in [-0.4, -0.2) is 28.0 Å². The molecule has 0 radical (unpaired) electrons. The number of carbonyl (C=O) groups is 2. The van der Waals surface area contributed by atoms with Crippen LogP contribution < -0.4 is 10.2 Å². The number of nitrogens with zero attached hydrogens (tertiary/aromatic N) is 3. The highest BCUT2D eigenvalue weighted by Gasteiger charge is 2.35. The molecule has 0 bridgehead atoms. The lowest BCUT2D eigenvalue weighted by molar-refractivity contribution is -0.126. The van der Waals surface area contributed by atoms with E-state index >= 15 is 0 Å². The molecular weight excluding hydrogens is 335 g/mol. The predicted octanol–water partition coefficient (Wildman–Crippen LogP) is 2.14. The van der Waals surface area contributed by atoms with Crippen LogP contribution >= 0.6 is 0 Å². The lowest BCUT2D eigenvalue weighted by atomic mass is 10.1. The number of rotatable bonds is 4. The first-order valence-electron chi connectivity index (χ1n) is 8.37. The summed E-state index contributed by atoms with van der Waals surface area (Å²) < 4.78 is 14.8. The lowest BCUT2D eigenvalue weighted by Crippen LogP contribution is -2.32. The van der Waals surface area contributed by atoms with E-state index in [2.05, 4.69) is 10.4 Å². The van der Waals surface area contributed by atoms with Crippen LogP contribution in [0.2, 0.25) is 0 Å². The van der Waals surface area contributed by atoms with Gasteiger partial charge in [0.15, 0.2) is 0 Å². The molecule has 1 aliphatic heterocycles. The Balaban J connectivity index is 1.39. The highest BCUT2D eigenvalue weighted by molar-refractivity contribution is 6.00. The van der Waals surface area contributed by atoms with Gasteiger partial charge in [0.05, 0.1) is 23.7 Å². The Kier molecular flexibility index (Phi) is 4.12. The molecular formula is C19H17FN4O2. The zero-order valence-corrected chi connectivity index (χ0v) is 13.9. The molecule has 0 spiro atoms. The number of carbonyl (C=O) groups excluding carboxylic acids is 2. The smallest absolute Gasteiger partial charge is 0.227 e. The van der Waals surface area contributed by atoms with Crippen LogP contribution in [0.15, 0.2) is 54.7 Å². The van der Waals surface area contributed by atoms with Crippen LogP contribution in [0.25, 0.3) is 5.52 Å². The highest BCUT2D eigenvalue weighted by Crippen LogP contribution is 2.25. The van der Waals surface area contributed by atoms with Gasteiger partial charge in [0.2, 0.25) is 11.8 Å². The Morgan fingerprint density at radius 2 is 2.04 bits per heavy atom. The van der Waals surface area contributed by atoms with Gasteiger partial charge in [0, 0.05) is 24.8 Å². The molecule has 1 atom stereocenters. The van der Waals surface area contributed by atoms with Crippen LogP contribution in [-0.2, 0) is 16.1 Å². The Morgan fingerprint density at radius 1 is 1.23 bits per heavy atom. The van der Waals surface area contributed by atoms with Gasteiger partial charge in [-0.05, 0) is 42.5 Å². The van der Waals surface area contributed by atoms with Gasteiger partial charge in [-0.3, -0.25) is 9.59 Å². The number of fused-ring (bicyclic) bond motifs is 1. The zero-order chi connectivity index (χ0) is 18.1. The molecule has 26 heavy (non-hydrogen) atoms. The quantitative estimate of drug-likeness (QED) is 0.782. The summed E-state index contributed by atoms with van der Waals surface area (Å²) in [5.41, 5.74) is 2.31. The first-order chi connectivity index (χ1) is 12.6. The van der Waals surface area contributed by atoms with E-state index in [0.717, 1.165) is 11.2 Å². The molecule has 6 nitrogen and oxygen atoms in total. The summed E-state index contributed by atoms with van der Waals surface area (Å²) in [6.45, 7) is 0.600. The second kappa shape index (κ2) is 6.59. The monoisotopic (exact) mass is 352 g/mol. The van der Waals surface area contributed by atoms with Gasteiger partial charge in [0.1, 0.15) is 5.82 Å². The van der Waals surface area contributed by atoms with Gasteiger partial charge in [-0.2, -0.15) is 5.10 Å². The van der Waals surface area contributed by atoms with Crippen molar-refractivity contribution < 1.29 is 14.0 Å². The number of pyridine rings is 1. The van der Waals surface area contributed by atoms with Gasteiger partial charge in [0.25, 0.3) is 0 Å². The van der Waals surface area contributed by atoms with Crippen LogP contribution in [0, 0.1) is 11.7 Å². The second-order valence-corrected chi connectivity index (χ2v) is 6.31. The zero-order valence-electron chi connectivity index (χ0n) is 13.9. The molecule has 4 rings (SSSR count). The maximum atomic E-state index is 13.0. The van der Waals surface area contributed by atoms with Gasteiger partial charge in [-0.1, -0.05) is 6.07 Å². The fourth-order valence-corrected chi connectivity index (χ4v) is 3.15. The highest BCUT2D eigenvalue weighted by atomic mass is 19.1. The van der Waals surface area contributed by atoms with Crippen LogP contribution in [0.3, 0.4) is 0 Å². The molecule has 1 unspecified atom stereocenters. The maximum absolute atomic E-state index is 13.0. The number of amides is 2. The van der Waals surface area contributed by atoms with E-state index in [0.29, 0.717) is 18.8 Å². The number of hydrogen-bond acceptors (Lipinski definition) is 3. The topological polar surface area (TPSA) is 66.7 Å². The summed E-state index contributed by atoms with van der Waals surface area (Å²) in [5.74, 6) is -1.10. The molecule has 1 aliphatic rings. The van der Waals surface area contributed by atoms with Crippen molar-refractivity contribution in [1.82, 2.24) is 14.9 Å². The van der Waals surface area contributed by atoms with E-state index in [1.807, 2.05) is 30.5 Å². The lowest BCUT2D eigenvalue weighted by Gasteiger charge is -2.16. The Morgan fingerprint density at radius 3 is 2.81 bits per heavy atom. The summed E-state index contributed by atoms with van der Waals surface area (Å²) >= 11 is 0. The molecule has 7 heteroatoms. The molecule has 1 aromatic carbocycles. The van der Waals surface area contributed by atoms with E-state index in [4.69, 9.17) is 0 Å². The minimum atomic E-state index is -0.426. The molecule has 3 aromatic rings. The van der Waals surface area contributed by atoms with Crippen molar-refractivity contribution in [2.24, 2.45) is 5.92 Å². The first kappa shape index (κ1) is 16.3. The summed E-state index contributed by atoms with van der Waals surface area (Å²) in [4.78, 5) is 26.2. The number of aromatic nitrogens is 2. The molecule has 132 valence electrons. The van der Waals surface area contributed by atoms with Crippen LogP contribution in [0.1, 0.15) is 12.1 Å². The molecule has 0 aliphatic carbocycles. The number of anilines is 1. The molecule has 0 saturated carbocycles. The van der Waals surface area contributed by atoms with Gasteiger partial charge < -0.3 is 10.2 Å². The summed E-state index contributed by atoms with van der Waals surface area (Å²) in [5, 5.41) is 7.24. The Labute approximate surface area is 149 Å². The number of benzene rings is 1. The van der Waals surface area contributed by atoms with Crippen molar-refractivity contribution in [2.45, 2.75) is 13.0 Å². The normalized spacial score (nSPS) is 17.0. The molecule has 1 N–H and O–H groups in total. The van der Waals surface area contributed by atoms with Crippen molar-refractivity contribution in [2.75, 3.05) is 11.4 Å². The van der Waals surface area contributed by atoms with E-state index in [1.54, 1.807) is 16.6 Å². The van der Waals surface area contributed by atoms with E-state index in [-0.39, 0.29) is 24.1 Å². The predicted molar refractivity (Wildman–Crippen MR) is 93.9 cm³/mol. The third-order valence-corrected chi connectivity index (χ3v) is 4.50. The fraction of sp³-hybridized carbons (Fsp3) is 0.211. The van der Waals surface area contributed by atoms with E-state index < -0.39 is 5.92 Å². The third-order valence-electron chi connectivity index (χ3n) is 4.50. The SMILES string of the molecule is O=C(NCc1cc2ccccn2n1)C1CC(=O)N(c2ccc(F)cc2)C1. The molecule has 2 amide bonds. The third kappa shape index (κ3) is 3.15. The molecule has 2 aromatic heterocycles. The van der Waals surface area contributed by atoms with Gasteiger partial charge >= 0.3 is 0 Å². The first-order valence-corrected chi connectivity index (χ1v) is 8.37. The number of halogens is 1. The van der Waals surface area contributed by atoms with Crippen LogP contribution in [0.5, 0.6) is 0 Å². The van der Waals surface area contributed by atoms with Crippen molar-refractivity contribution >= 4 is 23.0 Å². The van der Waals surface area contributed by atoms with Crippen molar-refractivity contribution in [3.63, 3.8) is 0 Å². The number of hydrogen-bond donors (Lipinski definition) is 1.